The Morgan fingerprint density at radius 3 is 2.50 bits per heavy atom. The molecule has 1 aliphatic carbocycles. The van der Waals surface area contributed by atoms with Gasteiger partial charge in [0.05, 0.1) is 6.54 Å². The molecule has 1 saturated heterocycles. The third-order valence-corrected chi connectivity index (χ3v) is 5.07. The summed E-state index contributed by atoms with van der Waals surface area (Å²) in [7, 11) is 0. The van der Waals surface area contributed by atoms with Crippen molar-refractivity contribution in [2.45, 2.75) is 38.3 Å². The number of pyridine rings is 1. The second kappa shape index (κ2) is 7.02. The van der Waals surface area contributed by atoms with Gasteiger partial charge < -0.3 is 9.80 Å². The van der Waals surface area contributed by atoms with E-state index in [0.717, 1.165) is 44.5 Å². The molecule has 4 nitrogen and oxygen atoms in total. The summed E-state index contributed by atoms with van der Waals surface area (Å²) >= 11 is 0. The highest BCUT2D eigenvalue weighted by atomic mass is 19.1. The number of rotatable bonds is 5. The number of aromatic nitrogens is 1. The second-order valence-corrected chi connectivity index (χ2v) is 6.96. The fourth-order valence-corrected chi connectivity index (χ4v) is 3.46. The number of carbonyl (C=O) groups is 1. The molecule has 0 N–H and O–H groups in total. The summed E-state index contributed by atoms with van der Waals surface area (Å²) < 4.78 is 28.1. The molecule has 1 aromatic carbocycles. The van der Waals surface area contributed by atoms with E-state index in [1.807, 2.05) is 6.07 Å². The first kappa shape index (κ1) is 16.9. The Balaban J connectivity index is 1.59. The van der Waals surface area contributed by atoms with Crippen LogP contribution in [0.4, 0.5) is 14.5 Å². The first-order valence-electron chi connectivity index (χ1n) is 9.08. The van der Waals surface area contributed by atoms with Crippen molar-refractivity contribution in [3.8, 4) is 0 Å². The van der Waals surface area contributed by atoms with Gasteiger partial charge in [-0.25, -0.2) is 8.78 Å². The molecule has 4 rings (SSSR count). The Labute approximate surface area is 151 Å². The highest BCUT2D eigenvalue weighted by molar-refractivity contribution is 5.93. The molecule has 0 bridgehead atoms. The minimum absolute atomic E-state index is 0.0266. The number of nitrogens with zero attached hydrogens (tertiary/aromatic N) is 3. The van der Waals surface area contributed by atoms with E-state index < -0.39 is 11.6 Å². The maximum Gasteiger partial charge on any atom is 0.273 e. The molecule has 0 atom stereocenters. The average Bonchev–Trinajstić information content (AvgIpc) is 3.33. The quantitative estimate of drug-likeness (QED) is 0.817. The topological polar surface area (TPSA) is 36.4 Å². The van der Waals surface area contributed by atoms with Gasteiger partial charge in [-0.3, -0.25) is 9.78 Å². The molecule has 0 radical (unpaired) electrons. The van der Waals surface area contributed by atoms with Crippen LogP contribution in [0.3, 0.4) is 0 Å². The molecule has 2 aromatic rings. The minimum atomic E-state index is -0.623. The lowest BCUT2D eigenvalue weighted by Crippen LogP contribution is -2.34. The van der Waals surface area contributed by atoms with Crippen LogP contribution in [0.1, 0.15) is 41.7 Å². The Hall–Kier alpha value is -2.50. The summed E-state index contributed by atoms with van der Waals surface area (Å²) in [5, 5.41) is 0. The highest BCUT2D eigenvalue weighted by Gasteiger charge is 2.35. The minimum Gasteiger partial charge on any atom is -0.371 e. The first-order valence-corrected chi connectivity index (χ1v) is 9.08. The van der Waals surface area contributed by atoms with Gasteiger partial charge in [0.25, 0.3) is 5.91 Å². The van der Waals surface area contributed by atoms with E-state index in [0.29, 0.717) is 5.69 Å². The number of halogens is 2. The normalized spacial score (nSPS) is 16.8. The van der Waals surface area contributed by atoms with Crippen molar-refractivity contribution in [3.63, 3.8) is 0 Å². The van der Waals surface area contributed by atoms with Crippen molar-refractivity contribution >= 4 is 11.6 Å². The van der Waals surface area contributed by atoms with Gasteiger partial charge in [-0.1, -0.05) is 6.07 Å². The van der Waals surface area contributed by atoms with Gasteiger partial charge in [0.1, 0.15) is 17.3 Å². The lowest BCUT2D eigenvalue weighted by Gasteiger charge is -2.24. The lowest BCUT2D eigenvalue weighted by atomic mass is 10.1. The van der Waals surface area contributed by atoms with Crippen molar-refractivity contribution in [2.75, 3.05) is 18.0 Å². The molecule has 6 heteroatoms. The fourth-order valence-electron chi connectivity index (χ4n) is 3.46. The molecule has 0 unspecified atom stereocenters. The van der Waals surface area contributed by atoms with E-state index in [1.54, 1.807) is 17.2 Å². The summed E-state index contributed by atoms with van der Waals surface area (Å²) in [4.78, 5) is 21.0. The Morgan fingerprint density at radius 2 is 1.85 bits per heavy atom. The second-order valence-electron chi connectivity index (χ2n) is 6.96. The zero-order chi connectivity index (χ0) is 18.1. The molecule has 1 aliphatic heterocycles. The molecule has 1 saturated carbocycles. The van der Waals surface area contributed by atoms with Gasteiger partial charge in [0.15, 0.2) is 0 Å². The summed E-state index contributed by atoms with van der Waals surface area (Å²) in [6, 6.07) is 7.50. The summed E-state index contributed by atoms with van der Waals surface area (Å²) in [6.45, 7) is 1.88. The Kier molecular flexibility index (Phi) is 4.57. The molecule has 2 aliphatic rings. The number of benzene rings is 1. The van der Waals surface area contributed by atoms with Crippen molar-refractivity contribution < 1.29 is 13.6 Å². The number of hydrogen-bond acceptors (Lipinski definition) is 3. The van der Waals surface area contributed by atoms with Crippen LogP contribution in [-0.4, -0.2) is 34.9 Å². The average molecular weight is 357 g/mol. The molecular formula is C20H21F2N3O. The Morgan fingerprint density at radius 1 is 1.15 bits per heavy atom. The smallest absolute Gasteiger partial charge is 0.273 e. The van der Waals surface area contributed by atoms with Gasteiger partial charge in [-0.15, -0.1) is 0 Å². The predicted molar refractivity (Wildman–Crippen MR) is 94.9 cm³/mol. The molecule has 2 heterocycles. The SMILES string of the molecule is O=C(c1cc(N2CCCC2)ccn1)N(Cc1c(F)cccc1F)C1CC1. The van der Waals surface area contributed by atoms with E-state index in [9.17, 15) is 13.6 Å². The van der Waals surface area contributed by atoms with Crippen LogP contribution in [0, 0.1) is 11.6 Å². The van der Waals surface area contributed by atoms with Crippen LogP contribution in [0.5, 0.6) is 0 Å². The molecule has 1 amide bonds. The maximum atomic E-state index is 14.0. The van der Waals surface area contributed by atoms with E-state index in [4.69, 9.17) is 0 Å². The molecule has 26 heavy (non-hydrogen) atoms. The lowest BCUT2D eigenvalue weighted by molar-refractivity contribution is 0.0720. The van der Waals surface area contributed by atoms with E-state index >= 15 is 0 Å². The predicted octanol–water partition coefficient (Wildman–Crippen LogP) is 3.76. The Bertz CT molecular complexity index is 796. The van der Waals surface area contributed by atoms with Gasteiger partial charge in [0.2, 0.25) is 0 Å². The van der Waals surface area contributed by atoms with Crippen LogP contribution in [0.25, 0.3) is 0 Å². The molecule has 0 spiro atoms. The van der Waals surface area contributed by atoms with Crippen molar-refractivity contribution in [1.29, 1.82) is 0 Å². The van der Waals surface area contributed by atoms with Gasteiger partial charge in [-0.2, -0.15) is 0 Å². The van der Waals surface area contributed by atoms with Crippen molar-refractivity contribution in [1.82, 2.24) is 9.88 Å². The van der Waals surface area contributed by atoms with Crippen LogP contribution in [0.15, 0.2) is 36.5 Å². The summed E-state index contributed by atoms with van der Waals surface area (Å²) in [5.41, 5.74) is 1.25. The van der Waals surface area contributed by atoms with Crippen LogP contribution in [-0.2, 0) is 6.54 Å². The van der Waals surface area contributed by atoms with E-state index in [-0.39, 0.29) is 24.1 Å². The highest BCUT2D eigenvalue weighted by Crippen LogP contribution is 2.31. The molecule has 1 aromatic heterocycles. The third-order valence-electron chi connectivity index (χ3n) is 5.07. The number of anilines is 1. The third kappa shape index (κ3) is 3.41. The zero-order valence-electron chi connectivity index (χ0n) is 14.5. The van der Waals surface area contributed by atoms with Gasteiger partial charge in [0, 0.05) is 36.6 Å². The zero-order valence-corrected chi connectivity index (χ0v) is 14.5. The first-order chi connectivity index (χ1) is 12.6. The number of hydrogen-bond donors (Lipinski definition) is 0. The standard InChI is InChI=1S/C20H21F2N3O/c21-17-4-3-5-18(22)16(17)13-25(14-6-7-14)20(26)19-12-15(8-9-23-19)24-10-1-2-11-24/h3-5,8-9,12,14H,1-2,6-7,10-11,13H2. The van der Waals surface area contributed by atoms with Crippen LogP contribution < -0.4 is 4.90 Å². The summed E-state index contributed by atoms with van der Waals surface area (Å²) in [6.07, 6.45) is 5.63. The number of amides is 1. The number of carbonyl (C=O) groups excluding carboxylic acids is 1. The van der Waals surface area contributed by atoms with Gasteiger partial charge in [-0.05, 0) is 49.9 Å². The van der Waals surface area contributed by atoms with Crippen molar-refractivity contribution in [2.24, 2.45) is 0 Å². The fraction of sp³-hybridized carbons (Fsp3) is 0.400. The van der Waals surface area contributed by atoms with E-state index in [1.165, 1.54) is 18.2 Å². The monoisotopic (exact) mass is 357 g/mol. The van der Waals surface area contributed by atoms with Crippen molar-refractivity contribution in [3.05, 3.63) is 59.4 Å². The van der Waals surface area contributed by atoms with Crippen LogP contribution in [0.2, 0.25) is 0 Å². The van der Waals surface area contributed by atoms with Gasteiger partial charge >= 0.3 is 0 Å². The molecule has 136 valence electrons. The largest absolute Gasteiger partial charge is 0.371 e. The molecule has 2 fully saturated rings. The summed E-state index contributed by atoms with van der Waals surface area (Å²) in [5.74, 6) is -1.51. The van der Waals surface area contributed by atoms with Crippen LogP contribution >= 0.6 is 0 Å². The van der Waals surface area contributed by atoms with E-state index in [2.05, 4.69) is 9.88 Å². The maximum absolute atomic E-state index is 14.0. The molecular weight excluding hydrogens is 336 g/mol.